The first-order valence-corrected chi connectivity index (χ1v) is 10.4. The molecule has 3 heterocycles. The van der Waals surface area contributed by atoms with Crippen LogP contribution < -0.4 is 10.5 Å². The van der Waals surface area contributed by atoms with Crippen molar-refractivity contribution in [2.75, 3.05) is 12.3 Å². The van der Waals surface area contributed by atoms with Crippen LogP contribution in [0.2, 0.25) is 0 Å². The number of pyridine rings is 1. The van der Waals surface area contributed by atoms with Gasteiger partial charge in [0, 0.05) is 16.7 Å². The zero-order valence-electron chi connectivity index (χ0n) is 16.6. The monoisotopic (exact) mass is 432 g/mol. The third-order valence-electron chi connectivity index (χ3n) is 4.52. The topological polar surface area (TPSA) is 87.6 Å². The Bertz CT molecular complexity index is 1160. The van der Waals surface area contributed by atoms with Gasteiger partial charge in [0.15, 0.2) is 0 Å². The maximum Gasteiger partial charge on any atom is 0.352 e. The number of nitrogens with two attached hydrogens (primary N) is 1. The Balaban J connectivity index is 1.79. The molecule has 0 saturated carbocycles. The molecule has 4 aromatic rings. The van der Waals surface area contributed by atoms with Crippen molar-refractivity contribution in [3.8, 4) is 27.6 Å². The number of furan rings is 1. The molecule has 3 aromatic heterocycles. The Kier molecular flexibility index (Phi) is 6.14. The number of thiophene rings is 1. The van der Waals surface area contributed by atoms with E-state index in [4.69, 9.17) is 19.6 Å². The lowest BCUT2D eigenvalue weighted by Crippen LogP contribution is -2.22. The quantitative estimate of drug-likeness (QED) is 0.292. The molecule has 156 valence electrons. The van der Waals surface area contributed by atoms with Crippen LogP contribution in [0.3, 0.4) is 0 Å². The normalized spacial score (nSPS) is 11.6. The first kappa shape index (κ1) is 20.4. The molecule has 1 unspecified atom stereocenters. The van der Waals surface area contributed by atoms with Gasteiger partial charge < -0.3 is 19.6 Å². The second kappa shape index (κ2) is 9.32. The fraction of sp³-hybridized carbons (Fsp3) is 0.0833. The molecule has 0 radical (unpaired) electrons. The Morgan fingerprint density at radius 1 is 1.23 bits per heavy atom. The Morgan fingerprint density at radius 2 is 2.06 bits per heavy atom. The molecule has 6 nitrogen and oxygen atoms in total. The summed E-state index contributed by atoms with van der Waals surface area (Å²) in [5.41, 5.74) is 9.53. The average Bonchev–Trinajstić information content (AvgIpc) is 3.52. The summed E-state index contributed by atoms with van der Waals surface area (Å²) in [5, 5.41) is 1.96. The van der Waals surface area contributed by atoms with Gasteiger partial charge in [0.05, 0.1) is 23.1 Å². The van der Waals surface area contributed by atoms with Gasteiger partial charge in [-0.25, -0.2) is 9.78 Å². The highest BCUT2D eigenvalue weighted by Crippen LogP contribution is 2.38. The van der Waals surface area contributed by atoms with Crippen molar-refractivity contribution in [1.82, 2.24) is 4.98 Å². The number of carbonyl (C=O) groups is 1. The van der Waals surface area contributed by atoms with Crippen molar-refractivity contribution in [1.29, 1.82) is 0 Å². The summed E-state index contributed by atoms with van der Waals surface area (Å²) in [6, 6.07) is 16.7. The summed E-state index contributed by atoms with van der Waals surface area (Å²) in [7, 11) is 0. The molecule has 0 fully saturated rings. The lowest BCUT2D eigenvalue weighted by Gasteiger charge is -2.20. The molecule has 0 amide bonds. The minimum Gasteiger partial charge on any atom is -0.472 e. The van der Waals surface area contributed by atoms with E-state index in [1.807, 2.05) is 41.8 Å². The minimum absolute atomic E-state index is 0.0734. The zero-order valence-corrected chi connectivity index (χ0v) is 17.4. The molecule has 0 aliphatic carbocycles. The standard InChI is InChI=1S/C24H20N2O4S/c1-2-11-29-24(27)22(16-7-4-3-5-8-16)30-23-21(25)18(17-10-12-28-15-17)14-19(26-23)20-9-6-13-31-20/h2-10,12-15,22H,1,11,25H2. The van der Waals surface area contributed by atoms with Crippen molar-refractivity contribution in [2.45, 2.75) is 6.10 Å². The van der Waals surface area contributed by atoms with Crippen LogP contribution in [0.5, 0.6) is 5.88 Å². The average molecular weight is 433 g/mol. The number of ether oxygens (including phenoxy) is 2. The SMILES string of the molecule is C=CCOC(=O)C(Oc1nc(-c2cccs2)cc(-c2ccoc2)c1N)c1ccccc1. The van der Waals surface area contributed by atoms with E-state index in [9.17, 15) is 4.79 Å². The molecule has 0 aliphatic rings. The van der Waals surface area contributed by atoms with Gasteiger partial charge in [0.1, 0.15) is 12.3 Å². The van der Waals surface area contributed by atoms with E-state index in [0.717, 1.165) is 10.4 Å². The van der Waals surface area contributed by atoms with Gasteiger partial charge in [-0.05, 0) is 23.6 Å². The van der Waals surface area contributed by atoms with Crippen LogP contribution in [0.1, 0.15) is 11.7 Å². The molecule has 0 bridgehead atoms. The zero-order chi connectivity index (χ0) is 21.6. The molecule has 0 aliphatic heterocycles. The molecular formula is C24H20N2O4S. The first-order valence-electron chi connectivity index (χ1n) is 9.53. The molecular weight excluding hydrogens is 412 g/mol. The van der Waals surface area contributed by atoms with E-state index in [1.165, 1.54) is 6.08 Å². The largest absolute Gasteiger partial charge is 0.472 e. The maximum atomic E-state index is 12.8. The van der Waals surface area contributed by atoms with E-state index in [0.29, 0.717) is 22.5 Å². The number of hydrogen-bond acceptors (Lipinski definition) is 7. The van der Waals surface area contributed by atoms with Crippen LogP contribution in [-0.2, 0) is 9.53 Å². The number of esters is 1. The predicted molar refractivity (Wildman–Crippen MR) is 121 cm³/mol. The molecule has 2 N–H and O–H groups in total. The van der Waals surface area contributed by atoms with Crippen molar-refractivity contribution in [3.63, 3.8) is 0 Å². The van der Waals surface area contributed by atoms with E-state index >= 15 is 0 Å². The Labute approximate surface area is 183 Å². The van der Waals surface area contributed by atoms with Crippen molar-refractivity contribution >= 4 is 23.0 Å². The number of aromatic nitrogens is 1. The smallest absolute Gasteiger partial charge is 0.352 e. The Hall–Kier alpha value is -3.84. The van der Waals surface area contributed by atoms with Crippen LogP contribution in [0.4, 0.5) is 5.69 Å². The number of carbonyl (C=O) groups excluding carboxylic acids is 1. The number of anilines is 1. The summed E-state index contributed by atoms with van der Waals surface area (Å²) in [4.78, 5) is 18.3. The highest BCUT2D eigenvalue weighted by atomic mass is 32.1. The molecule has 1 atom stereocenters. The highest BCUT2D eigenvalue weighted by molar-refractivity contribution is 7.13. The summed E-state index contributed by atoms with van der Waals surface area (Å²) in [5.74, 6) is -0.412. The minimum atomic E-state index is -1.04. The van der Waals surface area contributed by atoms with Crippen molar-refractivity contribution in [2.24, 2.45) is 0 Å². The molecule has 4 rings (SSSR count). The lowest BCUT2D eigenvalue weighted by atomic mass is 10.1. The van der Waals surface area contributed by atoms with Crippen molar-refractivity contribution in [3.05, 3.63) is 90.7 Å². The number of nitrogens with zero attached hydrogens (tertiary/aromatic N) is 1. The molecule has 0 saturated heterocycles. The van der Waals surface area contributed by atoms with Gasteiger partial charge in [-0.1, -0.05) is 49.1 Å². The fourth-order valence-corrected chi connectivity index (χ4v) is 3.72. The summed E-state index contributed by atoms with van der Waals surface area (Å²) in [6.07, 6.45) is 3.63. The first-order chi connectivity index (χ1) is 15.2. The number of hydrogen-bond donors (Lipinski definition) is 1. The van der Waals surface area contributed by atoms with Crippen LogP contribution in [0.25, 0.3) is 21.7 Å². The van der Waals surface area contributed by atoms with Gasteiger partial charge in [0.2, 0.25) is 12.0 Å². The predicted octanol–water partition coefficient (Wildman–Crippen LogP) is 5.50. The summed E-state index contributed by atoms with van der Waals surface area (Å²) in [6.45, 7) is 3.66. The maximum absolute atomic E-state index is 12.8. The van der Waals surface area contributed by atoms with Gasteiger partial charge in [-0.15, -0.1) is 11.3 Å². The molecule has 0 spiro atoms. The van der Waals surface area contributed by atoms with Gasteiger partial charge in [-0.3, -0.25) is 0 Å². The van der Waals surface area contributed by atoms with Crippen molar-refractivity contribution < 1.29 is 18.7 Å². The summed E-state index contributed by atoms with van der Waals surface area (Å²) >= 11 is 1.54. The number of rotatable bonds is 8. The van der Waals surface area contributed by atoms with Crippen LogP contribution >= 0.6 is 11.3 Å². The fourth-order valence-electron chi connectivity index (χ4n) is 3.04. The van der Waals surface area contributed by atoms with Gasteiger partial charge >= 0.3 is 5.97 Å². The van der Waals surface area contributed by atoms with E-state index in [-0.39, 0.29) is 12.5 Å². The molecule has 31 heavy (non-hydrogen) atoms. The van der Waals surface area contributed by atoms with Crippen LogP contribution in [0, 0.1) is 0 Å². The van der Waals surface area contributed by atoms with E-state index in [1.54, 1.807) is 42.1 Å². The van der Waals surface area contributed by atoms with Gasteiger partial charge in [-0.2, -0.15) is 0 Å². The lowest BCUT2D eigenvalue weighted by molar-refractivity contribution is -0.151. The second-order valence-electron chi connectivity index (χ2n) is 6.59. The Morgan fingerprint density at radius 3 is 2.74 bits per heavy atom. The third-order valence-corrected chi connectivity index (χ3v) is 5.41. The number of benzene rings is 1. The van der Waals surface area contributed by atoms with Crippen LogP contribution in [-0.4, -0.2) is 17.6 Å². The van der Waals surface area contributed by atoms with Gasteiger partial charge in [0.25, 0.3) is 0 Å². The molecule has 7 heteroatoms. The summed E-state index contributed by atoms with van der Waals surface area (Å²) < 4.78 is 16.6. The van der Waals surface area contributed by atoms with E-state index < -0.39 is 12.1 Å². The number of nitrogen functional groups attached to an aromatic ring is 1. The third kappa shape index (κ3) is 4.51. The molecule has 1 aromatic carbocycles. The van der Waals surface area contributed by atoms with E-state index in [2.05, 4.69) is 11.6 Å². The second-order valence-corrected chi connectivity index (χ2v) is 7.54. The highest BCUT2D eigenvalue weighted by Gasteiger charge is 2.27. The van der Waals surface area contributed by atoms with Crippen LogP contribution in [0.15, 0.2) is 89.6 Å².